The summed E-state index contributed by atoms with van der Waals surface area (Å²) in [5.74, 6) is 0.702. The Balaban J connectivity index is 1.64. The second-order valence-corrected chi connectivity index (χ2v) is 5.70. The Morgan fingerprint density at radius 1 is 0.962 bits per heavy atom. The summed E-state index contributed by atoms with van der Waals surface area (Å²) < 4.78 is 37.8. The van der Waals surface area contributed by atoms with E-state index < -0.39 is 11.7 Å². The second kappa shape index (κ2) is 7.38. The molecule has 3 aromatic rings. The van der Waals surface area contributed by atoms with Crippen LogP contribution in [0.15, 0.2) is 54.7 Å². The summed E-state index contributed by atoms with van der Waals surface area (Å²) in [4.78, 5) is 4.25. The molecule has 0 spiro atoms. The molecular weight excluding hydrogens is 343 g/mol. The van der Waals surface area contributed by atoms with Gasteiger partial charge in [0.05, 0.1) is 11.8 Å². The fraction of sp³-hybridized carbons (Fsp3) is 0.167. The van der Waals surface area contributed by atoms with Crippen LogP contribution in [0.5, 0.6) is 0 Å². The molecule has 2 aromatic carbocycles. The smallest absolute Gasteiger partial charge is 0.349 e. The van der Waals surface area contributed by atoms with E-state index in [4.69, 9.17) is 0 Å². The van der Waals surface area contributed by atoms with Crippen molar-refractivity contribution in [3.8, 4) is 0 Å². The van der Waals surface area contributed by atoms with Gasteiger partial charge in [0, 0.05) is 12.2 Å². The van der Waals surface area contributed by atoms with Gasteiger partial charge in [0.2, 0.25) is 5.95 Å². The molecule has 0 saturated heterocycles. The van der Waals surface area contributed by atoms with Gasteiger partial charge in [0.25, 0.3) is 0 Å². The van der Waals surface area contributed by atoms with E-state index in [1.807, 2.05) is 31.2 Å². The van der Waals surface area contributed by atoms with Crippen molar-refractivity contribution >= 4 is 17.5 Å². The Morgan fingerprint density at radius 3 is 2.31 bits per heavy atom. The van der Waals surface area contributed by atoms with Crippen LogP contribution in [0.2, 0.25) is 0 Å². The monoisotopic (exact) mass is 359 g/mol. The molecule has 1 aromatic heterocycles. The van der Waals surface area contributed by atoms with Crippen LogP contribution in [0.1, 0.15) is 16.7 Å². The van der Waals surface area contributed by atoms with Gasteiger partial charge in [-0.15, -0.1) is 5.10 Å². The lowest BCUT2D eigenvalue weighted by atomic mass is 10.1. The molecule has 0 radical (unpaired) electrons. The van der Waals surface area contributed by atoms with Crippen LogP contribution in [0, 0.1) is 6.92 Å². The predicted octanol–water partition coefficient (Wildman–Crippen LogP) is 4.55. The molecule has 1 heterocycles. The number of hydrogen-bond donors (Lipinski definition) is 2. The molecule has 0 saturated carbocycles. The van der Waals surface area contributed by atoms with Crippen molar-refractivity contribution in [1.82, 2.24) is 15.2 Å². The molecule has 2 N–H and O–H groups in total. The number of aryl methyl sites for hydroxylation is 1. The Kier molecular flexibility index (Phi) is 5.01. The second-order valence-electron chi connectivity index (χ2n) is 5.70. The molecule has 0 atom stereocenters. The van der Waals surface area contributed by atoms with Crippen LogP contribution in [0.25, 0.3) is 0 Å². The first-order valence-corrected chi connectivity index (χ1v) is 7.83. The van der Waals surface area contributed by atoms with Gasteiger partial charge in [0.1, 0.15) is 0 Å². The zero-order valence-electron chi connectivity index (χ0n) is 13.9. The summed E-state index contributed by atoms with van der Waals surface area (Å²) >= 11 is 0. The molecule has 8 heteroatoms. The third-order valence-corrected chi connectivity index (χ3v) is 3.61. The molecular formula is C18H16F3N5. The van der Waals surface area contributed by atoms with Crippen LogP contribution in [-0.2, 0) is 12.7 Å². The molecule has 0 amide bonds. The lowest BCUT2D eigenvalue weighted by Gasteiger charge is -2.10. The fourth-order valence-corrected chi connectivity index (χ4v) is 2.22. The van der Waals surface area contributed by atoms with Gasteiger partial charge in [-0.1, -0.05) is 29.8 Å². The Morgan fingerprint density at radius 2 is 1.65 bits per heavy atom. The first-order chi connectivity index (χ1) is 12.4. The van der Waals surface area contributed by atoms with E-state index in [2.05, 4.69) is 25.8 Å². The van der Waals surface area contributed by atoms with E-state index in [0.717, 1.165) is 17.7 Å². The van der Waals surface area contributed by atoms with Gasteiger partial charge in [-0.2, -0.15) is 23.3 Å². The van der Waals surface area contributed by atoms with Gasteiger partial charge >= 0.3 is 6.18 Å². The van der Waals surface area contributed by atoms with E-state index in [1.165, 1.54) is 23.9 Å². The largest absolute Gasteiger partial charge is 0.416 e. The van der Waals surface area contributed by atoms with E-state index >= 15 is 0 Å². The van der Waals surface area contributed by atoms with Gasteiger partial charge in [-0.3, -0.25) is 0 Å². The molecule has 0 fully saturated rings. The minimum absolute atomic E-state index is 0.322. The summed E-state index contributed by atoms with van der Waals surface area (Å²) in [5.41, 5.74) is 2.02. The molecule has 0 bridgehead atoms. The van der Waals surface area contributed by atoms with Crippen molar-refractivity contribution in [2.45, 2.75) is 19.6 Å². The van der Waals surface area contributed by atoms with Crippen molar-refractivity contribution in [3.05, 3.63) is 71.4 Å². The Labute approximate surface area is 148 Å². The van der Waals surface area contributed by atoms with E-state index in [9.17, 15) is 13.2 Å². The van der Waals surface area contributed by atoms with Crippen molar-refractivity contribution in [2.75, 3.05) is 10.6 Å². The number of benzene rings is 2. The maximum atomic E-state index is 12.6. The van der Waals surface area contributed by atoms with Crippen LogP contribution in [0.4, 0.5) is 30.6 Å². The molecule has 0 unspecified atom stereocenters. The van der Waals surface area contributed by atoms with Crippen molar-refractivity contribution in [2.24, 2.45) is 0 Å². The standard InChI is InChI=1S/C18H16F3N5/c1-12-2-4-13(5-3-12)10-22-17-25-16(11-23-26-17)24-15-8-6-14(7-9-15)18(19,20)21/h2-9,11H,10H2,1H3,(H2,22,24,25,26). The molecule has 3 rings (SSSR count). The van der Waals surface area contributed by atoms with E-state index in [1.54, 1.807) is 0 Å². The molecule has 0 aliphatic heterocycles. The van der Waals surface area contributed by atoms with E-state index in [-0.39, 0.29) is 0 Å². The highest BCUT2D eigenvalue weighted by Gasteiger charge is 2.29. The number of hydrogen-bond acceptors (Lipinski definition) is 5. The summed E-state index contributed by atoms with van der Waals surface area (Å²) in [5, 5.41) is 13.7. The van der Waals surface area contributed by atoms with Crippen LogP contribution in [0.3, 0.4) is 0 Å². The topological polar surface area (TPSA) is 62.7 Å². The SMILES string of the molecule is Cc1ccc(CNc2nncc(Nc3ccc(C(F)(F)F)cc3)n2)cc1. The molecule has 0 aliphatic carbocycles. The van der Waals surface area contributed by atoms with Gasteiger partial charge in [-0.25, -0.2) is 0 Å². The number of nitrogens with one attached hydrogen (secondary N) is 2. The minimum Gasteiger partial charge on any atom is -0.349 e. The number of aromatic nitrogens is 3. The van der Waals surface area contributed by atoms with Gasteiger partial charge < -0.3 is 10.6 Å². The van der Waals surface area contributed by atoms with Crippen molar-refractivity contribution in [3.63, 3.8) is 0 Å². The number of alkyl halides is 3. The summed E-state index contributed by atoms with van der Waals surface area (Å²) in [7, 11) is 0. The van der Waals surface area contributed by atoms with Gasteiger partial charge in [-0.05, 0) is 36.8 Å². The lowest BCUT2D eigenvalue weighted by molar-refractivity contribution is -0.137. The first-order valence-electron chi connectivity index (χ1n) is 7.83. The zero-order chi connectivity index (χ0) is 18.6. The van der Waals surface area contributed by atoms with E-state index in [0.29, 0.717) is 24.0 Å². The van der Waals surface area contributed by atoms with Crippen LogP contribution < -0.4 is 10.6 Å². The third-order valence-electron chi connectivity index (χ3n) is 3.61. The highest BCUT2D eigenvalue weighted by atomic mass is 19.4. The number of anilines is 3. The number of nitrogens with zero attached hydrogens (tertiary/aromatic N) is 3. The Hall–Kier alpha value is -3.16. The lowest BCUT2D eigenvalue weighted by Crippen LogP contribution is -2.07. The summed E-state index contributed by atoms with van der Waals surface area (Å²) in [6.07, 6.45) is -2.96. The highest BCUT2D eigenvalue weighted by Crippen LogP contribution is 2.30. The maximum absolute atomic E-state index is 12.6. The zero-order valence-corrected chi connectivity index (χ0v) is 13.9. The van der Waals surface area contributed by atoms with Crippen molar-refractivity contribution in [1.29, 1.82) is 0 Å². The molecule has 5 nitrogen and oxygen atoms in total. The molecule has 0 aliphatic rings. The fourth-order valence-electron chi connectivity index (χ4n) is 2.22. The summed E-state index contributed by atoms with van der Waals surface area (Å²) in [6, 6.07) is 12.7. The Bertz CT molecular complexity index is 861. The molecule has 134 valence electrons. The maximum Gasteiger partial charge on any atom is 0.416 e. The van der Waals surface area contributed by atoms with Crippen molar-refractivity contribution < 1.29 is 13.2 Å². The third kappa shape index (κ3) is 4.69. The summed E-state index contributed by atoms with van der Waals surface area (Å²) in [6.45, 7) is 2.55. The quantitative estimate of drug-likeness (QED) is 0.699. The minimum atomic E-state index is -4.36. The average Bonchev–Trinajstić information content (AvgIpc) is 2.61. The predicted molar refractivity (Wildman–Crippen MR) is 93.1 cm³/mol. The van der Waals surface area contributed by atoms with Crippen LogP contribution in [-0.4, -0.2) is 15.2 Å². The van der Waals surface area contributed by atoms with Crippen LogP contribution >= 0.6 is 0 Å². The highest BCUT2D eigenvalue weighted by molar-refractivity contribution is 5.56. The van der Waals surface area contributed by atoms with Gasteiger partial charge in [0.15, 0.2) is 5.82 Å². The first kappa shape index (κ1) is 17.7. The number of rotatable bonds is 5. The molecule has 26 heavy (non-hydrogen) atoms. The number of halogens is 3. The average molecular weight is 359 g/mol. The normalized spacial score (nSPS) is 11.2.